The highest BCUT2D eigenvalue weighted by Gasteiger charge is 2.34. The number of aromatic nitrogens is 1. The van der Waals surface area contributed by atoms with E-state index in [-0.39, 0.29) is 36.7 Å². The lowest BCUT2D eigenvalue weighted by atomic mass is 9.90. The van der Waals surface area contributed by atoms with Gasteiger partial charge in [-0.1, -0.05) is 30.3 Å². The van der Waals surface area contributed by atoms with Crippen LogP contribution in [0, 0.1) is 5.92 Å². The average molecular weight is 547 g/mol. The van der Waals surface area contributed by atoms with Gasteiger partial charge in [-0.05, 0) is 67.9 Å². The van der Waals surface area contributed by atoms with E-state index < -0.39 is 0 Å². The minimum absolute atomic E-state index is 0.0404. The van der Waals surface area contributed by atoms with Crippen molar-refractivity contribution in [2.24, 2.45) is 5.92 Å². The number of likely N-dealkylation sites (tertiary alicyclic amines) is 1. The van der Waals surface area contributed by atoms with Crippen molar-refractivity contribution in [3.63, 3.8) is 0 Å². The fourth-order valence-electron chi connectivity index (χ4n) is 5.01. The summed E-state index contributed by atoms with van der Waals surface area (Å²) >= 11 is 1.30. The van der Waals surface area contributed by atoms with Gasteiger partial charge in [0.2, 0.25) is 11.8 Å². The number of nitrogens with zero attached hydrogens (tertiary/aromatic N) is 3. The van der Waals surface area contributed by atoms with Crippen LogP contribution in [-0.4, -0.2) is 65.3 Å². The van der Waals surface area contributed by atoms with E-state index in [0.717, 1.165) is 45.2 Å². The van der Waals surface area contributed by atoms with E-state index in [1.807, 2.05) is 16.3 Å². The molecule has 1 saturated carbocycles. The van der Waals surface area contributed by atoms with Crippen LogP contribution in [0.1, 0.15) is 47.3 Å². The van der Waals surface area contributed by atoms with Crippen LogP contribution in [-0.2, 0) is 22.4 Å². The molecule has 0 bridgehead atoms. The first-order valence-corrected chi connectivity index (χ1v) is 14.4. The number of hydrogen-bond acceptors (Lipinski definition) is 6. The van der Waals surface area contributed by atoms with Crippen molar-refractivity contribution < 1.29 is 19.1 Å². The van der Waals surface area contributed by atoms with E-state index in [9.17, 15) is 14.4 Å². The van der Waals surface area contributed by atoms with Crippen LogP contribution in [0.4, 0.5) is 5.13 Å². The first-order chi connectivity index (χ1) is 19.0. The van der Waals surface area contributed by atoms with Gasteiger partial charge in [0.1, 0.15) is 12.3 Å². The molecule has 39 heavy (non-hydrogen) atoms. The SMILES string of the molecule is COc1ccc(C(=O)N(CC(=O)Nc2nc(CC(=O)N3CCC(Cc4ccccc4)CC3)cs2)C2CC2)cc1. The molecule has 204 valence electrons. The van der Waals surface area contributed by atoms with Crippen LogP contribution < -0.4 is 10.1 Å². The van der Waals surface area contributed by atoms with Gasteiger partial charge in [-0.3, -0.25) is 14.4 Å². The molecule has 8 nitrogen and oxygen atoms in total. The highest BCUT2D eigenvalue weighted by atomic mass is 32.1. The van der Waals surface area contributed by atoms with Gasteiger partial charge < -0.3 is 19.9 Å². The summed E-state index contributed by atoms with van der Waals surface area (Å²) in [7, 11) is 1.58. The number of methoxy groups -OCH3 is 1. The summed E-state index contributed by atoms with van der Waals surface area (Å²) in [5.41, 5.74) is 2.53. The summed E-state index contributed by atoms with van der Waals surface area (Å²) in [6.07, 6.45) is 5.07. The number of hydrogen-bond donors (Lipinski definition) is 1. The topological polar surface area (TPSA) is 91.8 Å². The lowest BCUT2D eigenvalue weighted by molar-refractivity contribution is -0.131. The van der Waals surface area contributed by atoms with Crippen molar-refractivity contribution in [1.82, 2.24) is 14.8 Å². The Morgan fingerprint density at radius 2 is 1.74 bits per heavy atom. The molecule has 1 aliphatic carbocycles. The number of amides is 3. The Morgan fingerprint density at radius 1 is 1.03 bits per heavy atom. The summed E-state index contributed by atoms with van der Waals surface area (Å²) in [6, 6.07) is 17.5. The second-order valence-electron chi connectivity index (χ2n) is 10.3. The number of piperidine rings is 1. The number of thiazole rings is 1. The average Bonchev–Trinajstić information content (AvgIpc) is 3.72. The van der Waals surface area contributed by atoms with Crippen LogP contribution in [0.25, 0.3) is 0 Å². The lowest BCUT2D eigenvalue weighted by Gasteiger charge is -2.32. The zero-order valence-corrected chi connectivity index (χ0v) is 23.0. The van der Waals surface area contributed by atoms with Gasteiger partial charge in [0.05, 0.1) is 19.2 Å². The number of anilines is 1. The summed E-state index contributed by atoms with van der Waals surface area (Å²) < 4.78 is 5.17. The van der Waals surface area contributed by atoms with Crippen LogP contribution in [0.15, 0.2) is 60.0 Å². The maximum Gasteiger partial charge on any atom is 0.254 e. The van der Waals surface area contributed by atoms with Crippen molar-refractivity contribution in [3.8, 4) is 5.75 Å². The smallest absolute Gasteiger partial charge is 0.254 e. The number of ether oxygens (including phenoxy) is 1. The second-order valence-corrected chi connectivity index (χ2v) is 11.1. The Morgan fingerprint density at radius 3 is 2.41 bits per heavy atom. The molecule has 9 heteroatoms. The van der Waals surface area contributed by atoms with Gasteiger partial charge in [-0.25, -0.2) is 4.98 Å². The summed E-state index contributed by atoms with van der Waals surface area (Å²) in [5, 5.41) is 5.07. The highest BCUT2D eigenvalue weighted by Crippen LogP contribution is 2.29. The molecule has 0 radical (unpaired) electrons. The minimum atomic E-state index is -0.295. The molecule has 1 aromatic heterocycles. The number of rotatable bonds is 10. The van der Waals surface area contributed by atoms with Gasteiger partial charge in [-0.15, -0.1) is 11.3 Å². The standard InChI is InChI=1S/C30H34N4O4S/c1-38-26-11-7-23(8-12-26)29(37)34(25-9-10-25)19-27(35)32-30-31-24(20-39-30)18-28(36)33-15-13-22(14-16-33)17-21-5-3-2-4-6-21/h2-8,11-12,20,22,25H,9-10,13-19H2,1H3,(H,31,32,35). The normalized spacial score (nSPS) is 15.6. The molecule has 3 aromatic rings. The van der Waals surface area contributed by atoms with Gasteiger partial charge in [-0.2, -0.15) is 0 Å². The fourth-order valence-corrected chi connectivity index (χ4v) is 5.74. The predicted molar refractivity (Wildman–Crippen MR) is 151 cm³/mol. The molecule has 3 amide bonds. The first kappa shape index (κ1) is 26.9. The Hall–Kier alpha value is -3.72. The predicted octanol–water partition coefficient (Wildman–Crippen LogP) is 4.42. The molecule has 2 aliphatic rings. The number of carbonyl (C=O) groups is 3. The van der Waals surface area contributed by atoms with Gasteiger partial charge in [0, 0.05) is 30.1 Å². The molecule has 2 fully saturated rings. The van der Waals surface area contributed by atoms with Crippen LogP contribution in [0.3, 0.4) is 0 Å². The van der Waals surface area contributed by atoms with Crippen LogP contribution in [0.2, 0.25) is 0 Å². The van der Waals surface area contributed by atoms with Gasteiger partial charge >= 0.3 is 0 Å². The van der Waals surface area contributed by atoms with E-state index in [2.05, 4.69) is 34.6 Å². The molecule has 1 saturated heterocycles. The number of nitrogens with one attached hydrogen (secondary N) is 1. The van der Waals surface area contributed by atoms with Crippen molar-refractivity contribution in [2.75, 3.05) is 32.1 Å². The van der Waals surface area contributed by atoms with Crippen molar-refractivity contribution in [1.29, 1.82) is 0 Å². The molecule has 0 atom stereocenters. The summed E-state index contributed by atoms with van der Waals surface area (Å²) in [6.45, 7) is 1.49. The van der Waals surface area contributed by atoms with E-state index in [1.54, 1.807) is 36.3 Å². The number of carbonyl (C=O) groups excluding carboxylic acids is 3. The van der Waals surface area contributed by atoms with E-state index in [4.69, 9.17) is 4.74 Å². The van der Waals surface area contributed by atoms with Crippen LogP contribution in [0.5, 0.6) is 5.75 Å². The maximum absolute atomic E-state index is 13.1. The third kappa shape index (κ3) is 7.23. The van der Waals surface area contributed by atoms with Crippen molar-refractivity contribution in [2.45, 2.75) is 44.6 Å². The Bertz CT molecular complexity index is 1280. The molecule has 1 N–H and O–H groups in total. The third-order valence-corrected chi connectivity index (χ3v) is 8.17. The molecule has 2 heterocycles. The maximum atomic E-state index is 13.1. The Labute approximate surface area is 233 Å². The molecule has 5 rings (SSSR count). The van der Waals surface area contributed by atoms with E-state index in [0.29, 0.717) is 28.1 Å². The third-order valence-electron chi connectivity index (χ3n) is 7.36. The summed E-state index contributed by atoms with van der Waals surface area (Å²) in [5.74, 6) is 0.878. The van der Waals surface area contributed by atoms with E-state index in [1.165, 1.54) is 16.9 Å². The fraction of sp³-hybridized carbons (Fsp3) is 0.400. The zero-order valence-electron chi connectivity index (χ0n) is 22.2. The quantitative estimate of drug-likeness (QED) is 0.407. The van der Waals surface area contributed by atoms with Crippen molar-refractivity contribution >= 4 is 34.2 Å². The Kier molecular flexibility index (Phi) is 8.56. The molecule has 2 aromatic carbocycles. The molecule has 1 aliphatic heterocycles. The molecular formula is C30H34N4O4S. The zero-order chi connectivity index (χ0) is 27.2. The second kappa shape index (κ2) is 12.4. The monoisotopic (exact) mass is 546 g/mol. The molecule has 0 spiro atoms. The van der Waals surface area contributed by atoms with E-state index >= 15 is 0 Å². The lowest BCUT2D eigenvalue weighted by Crippen LogP contribution is -2.40. The minimum Gasteiger partial charge on any atom is -0.497 e. The molecule has 0 unspecified atom stereocenters. The van der Waals surface area contributed by atoms with Crippen LogP contribution >= 0.6 is 11.3 Å². The van der Waals surface area contributed by atoms with Gasteiger partial charge in [0.15, 0.2) is 5.13 Å². The highest BCUT2D eigenvalue weighted by molar-refractivity contribution is 7.13. The van der Waals surface area contributed by atoms with Crippen molar-refractivity contribution in [3.05, 3.63) is 76.8 Å². The Balaban J connectivity index is 1.09. The molecular weight excluding hydrogens is 512 g/mol. The van der Waals surface area contributed by atoms with Gasteiger partial charge in [0.25, 0.3) is 5.91 Å². The first-order valence-electron chi connectivity index (χ1n) is 13.5. The largest absolute Gasteiger partial charge is 0.497 e. The number of benzene rings is 2. The summed E-state index contributed by atoms with van der Waals surface area (Å²) in [4.78, 5) is 46.8.